The third-order valence-corrected chi connectivity index (χ3v) is 13.6. The van der Waals surface area contributed by atoms with E-state index in [9.17, 15) is 32.4 Å². The third kappa shape index (κ3) is 14.0. The molecule has 1 aliphatic rings. The zero-order valence-corrected chi connectivity index (χ0v) is 40.1. The maximum atomic E-state index is 14.4. The molecule has 0 aromatic heterocycles. The Morgan fingerprint density at radius 2 is 1.46 bits per heavy atom. The minimum atomic E-state index is -4.30. The molecular formula is C46H73N7O9S. The van der Waals surface area contributed by atoms with E-state index in [-0.39, 0.29) is 53.2 Å². The minimum Gasteiger partial charge on any atom is -0.399 e. The molecule has 0 bridgehead atoms. The van der Waals surface area contributed by atoms with Crippen molar-refractivity contribution in [2.24, 2.45) is 23.7 Å². The lowest BCUT2D eigenvalue weighted by atomic mass is 9.89. The molecule has 0 radical (unpaired) electrons. The topological polar surface area (TPSA) is 210 Å². The molecule has 1 saturated heterocycles. The molecule has 9 atom stereocenters. The lowest BCUT2D eigenvalue weighted by molar-refractivity contribution is -0.148. The van der Waals surface area contributed by atoms with Crippen LogP contribution in [0.1, 0.15) is 79.7 Å². The van der Waals surface area contributed by atoms with Gasteiger partial charge in [0.25, 0.3) is 15.9 Å². The number of carbonyl (C=O) groups excluding carboxylic acids is 5. The van der Waals surface area contributed by atoms with Gasteiger partial charge in [0.1, 0.15) is 12.1 Å². The average Bonchev–Trinajstić information content (AvgIpc) is 3.71. The second-order valence-corrected chi connectivity index (χ2v) is 19.4. The molecule has 17 heteroatoms. The lowest BCUT2D eigenvalue weighted by Gasteiger charge is -2.41. The summed E-state index contributed by atoms with van der Waals surface area (Å²) in [5.74, 6) is -3.41. The predicted octanol–water partition coefficient (Wildman–Crippen LogP) is 3.45. The van der Waals surface area contributed by atoms with E-state index < -0.39 is 70.2 Å². The van der Waals surface area contributed by atoms with Gasteiger partial charge in [-0.1, -0.05) is 85.2 Å². The van der Waals surface area contributed by atoms with Crippen molar-refractivity contribution in [3.63, 3.8) is 0 Å². The van der Waals surface area contributed by atoms with E-state index in [4.69, 9.17) is 15.2 Å². The van der Waals surface area contributed by atoms with Gasteiger partial charge < -0.3 is 35.6 Å². The Morgan fingerprint density at radius 3 is 1.98 bits per heavy atom. The Labute approximate surface area is 375 Å². The summed E-state index contributed by atoms with van der Waals surface area (Å²) in [6.45, 7) is 13.8. The van der Waals surface area contributed by atoms with Gasteiger partial charge in [-0.05, 0) is 74.5 Å². The van der Waals surface area contributed by atoms with Gasteiger partial charge in [0.05, 0.1) is 47.6 Å². The lowest BCUT2D eigenvalue weighted by Crippen LogP contribution is -2.59. The molecule has 5 N–H and O–H groups in total. The van der Waals surface area contributed by atoms with Crippen LogP contribution in [0, 0.1) is 23.7 Å². The Morgan fingerprint density at radius 1 is 0.841 bits per heavy atom. The van der Waals surface area contributed by atoms with Crippen molar-refractivity contribution in [1.82, 2.24) is 30.1 Å². The number of nitrogen functional groups attached to an aromatic ring is 1. The summed E-state index contributed by atoms with van der Waals surface area (Å²) >= 11 is 0. The molecule has 1 fully saturated rings. The second-order valence-electron chi connectivity index (χ2n) is 17.8. The second kappa shape index (κ2) is 23.9. The molecule has 63 heavy (non-hydrogen) atoms. The maximum absolute atomic E-state index is 14.4. The molecule has 0 aliphatic carbocycles. The molecule has 1 unspecified atom stereocenters. The first-order valence-electron chi connectivity index (χ1n) is 21.9. The number of hydrogen-bond donors (Lipinski definition) is 4. The third-order valence-electron chi connectivity index (χ3n) is 12.3. The highest BCUT2D eigenvalue weighted by Crippen LogP contribution is 2.30. The Hall–Kier alpha value is -4.58. The van der Waals surface area contributed by atoms with Crippen molar-refractivity contribution in [3.05, 3.63) is 60.2 Å². The van der Waals surface area contributed by atoms with Gasteiger partial charge in [0.15, 0.2) is 0 Å². The van der Waals surface area contributed by atoms with Crippen LogP contribution in [0.5, 0.6) is 0 Å². The summed E-state index contributed by atoms with van der Waals surface area (Å²) in [4.78, 5) is 74.9. The summed E-state index contributed by atoms with van der Waals surface area (Å²) in [6, 6.07) is 10.7. The number of amides is 5. The molecule has 1 aliphatic heterocycles. The summed E-state index contributed by atoms with van der Waals surface area (Å²) in [5, 5.41) is 5.79. The van der Waals surface area contributed by atoms with Crippen LogP contribution in [0.4, 0.5) is 5.69 Å². The molecule has 3 rings (SSSR count). The molecule has 352 valence electrons. The SMILES string of the molecule is CCC(C)[C@@H]([C@@H](CC(=O)N1CCC[C@H]1[C@H](OC)[C@@H](C)C(=O)N[C@@H](Cc1ccccc1)C(=O)NS(=O)(=O)c1ccc(N)cc1)OC)N(C)C(=O)[C@@H](NC(=O)[C@H](C(C)C)N(C)C)C(C)C. The summed E-state index contributed by atoms with van der Waals surface area (Å²) in [6.07, 6.45) is 0.315. The number of sulfonamides is 1. The molecule has 2 aromatic carbocycles. The quantitative estimate of drug-likeness (QED) is 0.119. The van der Waals surface area contributed by atoms with Crippen molar-refractivity contribution >= 4 is 45.2 Å². The number of likely N-dealkylation sites (N-methyl/N-ethyl adjacent to an activating group) is 2. The van der Waals surface area contributed by atoms with Crippen LogP contribution in [0.15, 0.2) is 59.5 Å². The summed E-state index contributed by atoms with van der Waals surface area (Å²) in [7, 11) is 4.05. The number of ether oxygens (including phenoxy) is 2. The van der Waals surface area contributed by atoms with Crippen molar-refractivity contribution in [3.8, 4) is 0 Å². The Kier molecular flexibility index (Phi) is 20.0. The van der Waals surface area contributed by atoms with Crippen LogP contribution in [-0.4, -0.2) is 137 Å². The number of hydrogen-bond acceptors (Lipinski definition) is 11. The highest BCUT2D eigenvalue weighted by molar-refractivity contribution is 7.90. The number of carbonyl (C=O) groups is 5. The van der Waals surface area contributed by atoms with Gasteiger partial charge >= 0.3 is 0 Å². The Bertz CT molecular complexity index is 1920. The smallest absolute Gasteiger partial charge is 0.264 e. The number of nitrogens with zero attached hydrogens (tertiary/aromatic N) is 3. The van der Waals surface area contributed by atoms with Crippen LogP contribution in [0.2, 0.25) is 0 Å². The molecule has 16 nitrogen and oxygen atoms in total. The molecule has 0 spiro atoms. The van der Waals surface area contributed by atoms with Crippen molar-refractivity contribution in [2.75, 3.05) is 47.6 Å². The predicted molar refractivity (Wildman–Crippen MR) is 243 cm³/mol. The normalized spacial score (nSPS) is 18.2. The van der Waals surface area contributed by atoms with Gasteiger partial charge in [-0.2, -0.15) is 0 Å². The maximum Gasteiger partial charge on any atom is 0.264 e. The van der Waals surface area contributed by atoms with Crippen LogP contribution in [0.3, 0.4) is 0 Å². The first kappa shape index (κ1) is 52.8. The first-order valence-corrected chi connectivity index (χ1v) is 23.4. The number of likely N-dealkylation sites (tertiary alicyclic amines) is 1. The van der Waals surface area contributed by atoms with E-state index in [1.807, 2.05) is 60.5 Å². The number of nitrogens with two attached hydrogens (primary N) is 1. The van der Waals surface area contributed by atoms with E-state index in [1.165, 1.54) is 38.5 Å². The zero-order chi connectivity index (χ0) is 47.3. The van der Waals surface area contributed by atoms with Crippen LogP contribution in [0.25, 0.3) is 0 Å². The van der Waals surface area contributed by atoms with Crippen molar-refractivity contribution in [2.45, 2.75) is 128 Å². The Balaban J connectivity index is 1.83. The number of methoxy groups -OCH3 is 2. The van der Waals surface area contributed by atoms with Gasteiger partial charge in [-0.25, -0.2) is 13.1 Å². The van der Waals surface area contributed by atoms with Crippen LogP contribution < -0.4 is 21.1 Å². The molecule has 5 amide bonds. The molecular weight excluding hydrogens is 827 g/mol. The van der Waals surface area contributed by atoms with E-state index in [0.717, 1.165) is 0 Å². The van der Waals surface area contributed by atoms with Crippen molar-refractivity contribution in [1.29, 1.82) is 0 Å². The van der Waals surface area contributed by atoms with E-state index in [1.54, 1.807) is 54.1 Å². The van der Waals surface area contributed by atoms with Crippen LogP contribution in [-0.2, 0) is 49.9 Å². The van der Waals surface area contributed by atoms with E-state index >= 15 is 0 Å². The van der Waals surface area contributed by atoms with Gasteiger partial charge in [0.2, 0.25) is 23.6 Å². The highest BCUT2D eigenvalue weighted by Gasteiger charge is 2.43. The fourth-order valence-corrected chi connectivity index (χ4v) is 9.70. The molecule has 0 saturated carbocycles. The number of anilines is 1. The highest BCUT2D eigenvalue weighted by atomic mass is 32.2. The number of nitrogens with one attached hydrogen (secondary N) is 3. The van der Waals surface area contributed by atoms with Crippen molar-refractivity contribution < 1.29 is 41.9 Å². The minimum absolute atomic E-state index is 0.000380. The van der Waals surface area contributed by atoms with Gasteiger partial charge in [-0.3, -0.25) is 28.9 Å². The summed E-state index contributed by atoms with van der Waals surface area (Å²) < 4.78 is 40.5. The van der Waals surface area contributed by atoms with Crippen LogP contribution >= 0.6 is 0 Å². The largest absolute Gasteiger partial charge is 0.399 e. The number of benzene rings is 2. The fraction of sp³-hybridized carbons (Fsp3) is 0.630. The van der Waals surface area contributed by atoms with E-state index in [2.05, 4.69) is 15.4 Å². The van der Waals surface area contributed by atoms with Gasteiger partial charge in [-0.15, -0.1) is 0 Å². The zero-order valence-electron chi connectivity index (χ0n) is 39.3. The fourth-order valence-electron chi connectivity index (χ4n) is 8.68. The average molecular weight is 900 g/mol. The first-order chi connectivity index (χ1) is 29.6. The van der Waals surface area contributed by atoms with Gasteiger partial charge in [0, 0.05) is 39.9 Å². The molecule has 1 heterocycles. The van der Waals surface area contributed by atoms with E-state index in [0.29, 0.717) is 37.1 Å². The standard InChI is InChI=1S/C46H73N7O9S/c1-13-30(6)41(52(10)46(58)39(28(2)3)49-45(57)40(29(4)5)51(8)9)37(61-11)27-38(54)53-25-17-20-36(53)42(62-12)31(7)43(55)48-35(26-32-18-15-14-16-19-32)44(56)50-63(59,60)34-23-21-33(47)22-24-34/h14-16,18-19,21-24,28-31,35-37,39-42H,13,17,20,25-27,47H2,1-12H3,(H,48,55)(H,49,57)(H,50,56)/t30?,31-,35+,36+,37-,39+,40+,41+,42-/m1/s1. The summed E-state index contributed by atoms with van der Waals surface area (Å²) in [5.41, 5.74) is 6.77. The molecule has 2 aromatic rings. The number of rotatable bonds is 23. The monoisotopic (exact) mass is 900 g/mol.